The van der Waals surface area contributed by atoms with Gasteiger partial charge in [-0.3, -0.25) is 4.79 Å². The Labute approximate surface area is 79.8 Å². The molecule has 0 bridgehead atoms. The first-order valence-corrected chi connectivity index (χ1v) is 4.67. The Morgan fingerprint density at radius 3 is 2.00 bits per heavy atom. The molecular weight excluding hydrogens is 160 g/mol. The summed E-state index contributed by atoms with van der Waals surface area (Å²) in [6.45, 7) is 8.08. The quantitative estimate of drug-likeness (QED) is 0.632. The average molecular weight is 176 g/mol. The van der Waals surface area contributed by atoms with Gasteiger partial charge in [0.15, 0.2) is 5.78 Å². The van der Waals surface area contributed by atoms with Gasteiger partial charge in [-0.1, -0.05) is 6.92 Å². The second kappa shape index (κ2) is 3.73. The third kappa shape index (κ3) is 1.97. The normalized spacial score (nSPS) is 10.2. The van der Waals surface area contributed by atoms with Gasteiger partial charge in [0.05, 0.1) is 0 Å². The monoisotopic (exact) mass is 176 g/mol. The molecule has 0 fully saturated rings. The summed E-state index contributed by atoms with van der Waals surface area (Å²) in [6.07, 6.45) is 0.585. The smallest absolute Gasteiger partial charge is 0.162 e. The molecule has 13 heavy (non-hydrogen) atoms. The van der Waals surface area contributed by atoms with Crippen molar-refractivity contribution in [2.75, 3.05) is 0 Å². The number of benzene rings is 1. The number of carbonyl (C=O) groups excluding carboxylic acids is 1. The standard InChI is InChI=1S/C12H16O/c1-5-12(13)11-6-8(2)10(4)9(3)7-11/h6-7H,5H2,1-4H3. The highest BCUT2D eigenvalue weighted by atomic mass is 16.1. The molecule has 0 unspecified atom stereocenters. The molecule has 0 aliphatic rings. The van der Waals surface area contributed by atoms with Crippen LogP contribution in [0.25, 0.3) is 0 Å². The van der Waals surface area contributed by atoms with Crippen molar-refractivity contribution in [2.24, 2.45) is 0 Å². The summed E-state index contributed by atoms with van der Waals surface area (Å²) < 4.78 is 0. The fraction of sp³-hybridized carbons (Fsp3) is 0.417. The van der Waals surface area contributed by atoms with E-state index in [4.69, 9.17) is 0 Å². The van der Waals surface area contributed by atoms with Crippen LogP contribution in [-0.2, 0) is 0 Å². The van der Waals surface area contributed by atoms with Crippen molar-refractivity contribution >= 4 is 5.78 Å². The van der Waals surface area contributed by atoms with Crippen molar-refractivity contribution < 1.29 is 4.79 Å². The molecule has 0 spiro atoms. The lowest BCUT2D eigenvalue weighted by atomic mass is 9.98. The molecule has 1 nitrogen and oxygen atoms in total. The Morgan fingerprint density at radius 2 is 1.62 bits per heavy atom. The van der Waals surface area contributed by atoms with Crippen LogP contribution >= 0.6 is 0 Å². The highest BCUT2D eigenvalue weighted by Crippen LogP contribution is 2.16. The molecule has 0 atom stereocenters. The van der Waals surface area contributed by atoms with E-state index in [0.29, 0.717) is 6.42 Å². The minimum Gasteiger partial charge on any atom is -0.294 e. The third-order valence-corrected chi connectivity index (χ3v) is 2.57. The van der Waals surface area contributed by atoms with Crippen molar-refractivity contribution in [1.82, 2.24) is 0 Å². The number of hydrogen-bond acceptors (Lipinski definition) is 1. The van der Waals surface area contributed by atoms with Crippen LogP contribution < -0.4 is 0 Å². The minimum absolute atomic E-state index is 0.228. The Morgan fingerprint density at radius 1 is 1.15 bits per heavy atom. The topological polar surface area (TPSA) is 17.1 Å². The van der Waals surface area contributed by atoms with Crippen molar-refractivity contribution in [1.29, 1.82) is 0 Å². The van der Waals surface area contributed by atoms with Gasteiger partial charge in [-0.2, -0.15) is 0 Å². The SMILES string of the molecule is CCC(=O)c1cc(C)c(C)c(C)c1. The summed E-state index contributed by atoms with van der Waals surface area (Å²) in [7, 11) is 0. The van der Waals surface area contributed by atoms with Gasteiger partial charge in [0.2, 0.25) is 0 Å². The number of hydrogen-bond donors (Lipinski definition) is 0. The number of carbonyl (C=O) groups is 1. The van der Waals surface area contributed by atoms with Gasteiger partial charge in [0, 0.05) is 12.0 Å². The Hall–Kier alpha value is -1.11. The molecule has 1 heteroatoms. The van der Waals surface area contributed by atoms with Gasteiger partial charge in [0.1, 0.15) is 0 Å². The second-order valence-electron chi connectivity index (χ2n) is 3.51. The average Bonchev–Trinajstić information content (AvgIpc) is 2.12. The maximum absolute atomic E-state index is 11.4. The van der Waals surface area contributed by atoms with E-state index in [1.807, 2.05) is 19.1 Å². The maximum Gasteiger partial charge on any atom is 0.162 e. The van der Waals surface area contributed by atoms with Gasteiger partial charge >= 0.3 is 0 Å². The van der Waals surface area contributed by atoms with E-state index in [1.165, 1.54) is 16.7 Å². The highest BCUT2D eigenvalue weighted by molar-refractivity contribution is 5.96. The lowest BCUT2D eigenvalue weighted by molar-refractivity contribution is 0.0988. The molecule has 0 aliphatic heterocycles. The van der Waals surface area contributed by atoms with E-state index in [1.54, 1.807) is 0 Å². The first-order chi connectivity index (χ1) is 6.06. The van der Waals surface area contributed by atoms with E-state index >= 15 is 0 Å². The molecule has 0 aliphatic carbocycles. The van der Waals surface area contributed by atoms with Crippen LogP contribution in [0.3, 0.4) is 0 Å². The number of Topliss-reactive ketones (excluding diaryl/α,β-unsaturated/α-hetero) is 1. The lowest BCUT2D eigenvalue weighted by Crippen LogP contribution is -1.99. The van der Waals surface area contributed by atoms with Crippen molar-refractivity contribution in [3.63, 3.8) is 0 Å². The molecular formula is C12H16O. The summed E-state index contributed by atoms with van der Waals surface area (Å²) in [5.74, 6) is 0.228. The number of aryl methyl sites for hydroxylation is 2. The molecule has 0 aromatic heterocycles. The van der Waals surface area contributed by atoms with Gasteiger partial charge in [0.25, 0.3) is 0 Å². The summed E-state index contributed by atoms with van der Waals surface area (Å²) in [6, 6.07) is 3.96. The van der Waals surface area contributed by atoms with Crippen molar-refractivity contribution in [3.8, 4) is 0 Å². The Kier molecular flexibility index (Phi) is 2.86. The zero-order chi connectivity index (χ0) is 10.0. The summed E-state index contributed by atoms with van der Waals surface area (Å²) in [4.78, 5) is 11.4. The molecule has 1 aromatic rings. The van der Waals surface area contributed by atoms with Crippen LogP contribution in [0.1, 0.15) is 40.4 Å². The van der Waals surface area contributed by atoms with E-state index in [2.05, 4.69) is 20.8 Å². The van der Waals surface area contributed by atoms with Crippen LogP contribution in [0.15, 0.2) is 12.1 Å². The van der Waals surface area contributed by atoms with Gasteiger partial charge < -0.3 is 0 Å². The van der Waals surface area contributed by atoms with E-state index in [9.17, 15) is 4.79 Å². The molecule has 0 saturated carbocycles. The first-order valence-electron chi connectivity index (χ1n) is 4.67. The fourth-order valence-corrected chi connectivity index (χ4v) is 1.40. The number of ketones is 1. The third-order valence-electron chi connectivity index (χ3n) is 2.57. The Balaban J connectivity index is 3.20. The molecule has 0 N–H and O–H groups in total. The van der Waals surface area contributed by atoms with Crippen LogP contribution in [-0.4, -0.2) is 5.78 Å². The second-order valence-corrected chi connectivity index (χ2v) is 3.51. The molecule has 70 valence electrons. The molecule has 0 heterocycles. The molecule has 1 aromatic carbocycles. The van der Waals surface area contributed by atoms with E-state index < -0.39 is 0 Å². The molecule has 0 amide bonds. The lowest BCUT2D eigenvalue weighted by Gasteiger charge is -2.07. The van der Waals surface area contributed by atoms with Gasteiger partial charge in [-0.25, -0.2) is 0 Å². The van der Waals surface area contributed by atoms with Crippen LogP contribution in [0.2, 0.25) is 0 Å². The summed E-state index contributed by atoms with van der Waals surface area (Å²) >= 11 is 0. The zero-order valence-electron chi connectivity index (χ0n) is 8.77. The van der Waals surface area contributed by atoms with E-state index in [0.717, 1.165) is 5.56 Å². The highest BCUT2D eigenvalue weighted by Gasteiger charge is 2.06. The van der Waals surface area contributed by atoms with Crippen molar-refractivity contribution in [3.05, 3.63) is 34.4 Å². The zero-order valence-corrected chi connectivity index (χ0v) is 8.77. The van der Waals surface area contributed by atoms with Gasteiger partial charge in [-0.05, 0) is 49.6 Å². The largest absolute Gasteiger partial charge is 0.294 e. The van der Waals surface area contributed by atoms with Crippen molar-refractivity contribution in [2.45, 2.75) is 34.1 Å². The maximum atomic E-state index is 11.4. The molecule has 0 saturated heterocycles. The Bertz CT molecular complexity index is 314. The predicted octanol–water partition coefficient (Wildman–Crippen LogP) is 3.20. The number of rotatable bonds is 2. The van der Waals surface area contributed by atoms with Crippen LogP contribution in [0.5, 0.6) is 0 Å². The first kappa shape index (κ1) is 9.97. The van der Waals surface area contributed by atoms with E-state index in [-0.39, 0.29) is 5.78 Å². The minimum atomic E-state index is 0.228. The van der Waals surface area contributed by atoms with Crippen LogP contribution in [0.4, 0.5) is 0 Å². The van der Waals surface area contributed by atoms with Gasteiger partial charge in [-0.15, -0.1) is 0 Å². The summed E-state index contributed by atoms with van der Waals surface area (Å²) in [5.41, 5.74) is 4.55. The fourth-order valence-electron chi connectivity index (χ4n) is 1.40. The molecule has 0 radical (unpaired) electrons. The predicted molar refractivity (Wildman–Crippen MR) is 55.3 cm³/mol. The van der Waals surface area contributed by atoms with Crippen LogP contribution in [0, 0.1) is 20.8 Å². The molecule has 1 rings (SSSR count). The summed E-state index contributed by atoms with van der Waals surface area (Å²) in [5, 5.41) is 0.